The Hall–Kier alpha value is -0.810. The third-order valence-electron chi connectivity index (χ3n) is 2.56. The van der Waals surface area contributed by atoms with Gasteiger partial charge in [-0.05, 0) is 42.3 Å². The highest BCUT2D eigenvalue weighted by atomic mass is 79.9. The smallest absolute Gasteiger partial charge is 0.139 e. The van der Waals surface area contributed by atoms with Crippen molar-refractivity contribution < 1.29 is 9.50 Å². The molecule has 0 unspecified atom stereocenters. The van der Waals surface area contributed by atoms with Crippen LogP contribution in [-0.4, -0.2) is 24.3 Å². The van der Waals surface area contributed by atoms with Gasteiger partial charge < -0.3 is 15.7 Å². The number of anilines is 2. The minimum Gasteiger partial charge on any atom is -0.397 e. The Kier molecular flexibility index (Phi) is 5.21. The number of aliphatic hydroxyl groups excluding tert-OH is 1. The summed E-state index contributed by atoms with van der Waals surface area (Å²) in [6, 6.07) is 3.19. The SMILES string of the molecule is CC(C)N(CCCO)c1cc(F)c(Br)cc1N. The van der Waals surface area contributed by atoms with E-state index in [9.17, 15) is 4.39 Å². The van der Waals surface area contributed by atoms with Crippen molar-refractivity contribution in [3.8, 4) is 0 Å². The van der Waals surface area contributed by atoms with Gasteiger partial charge in [-0.1, -0.05) is 0 Å². The van der Waals surface area contributed by atoms with Crippen LogP contribution in [0.1, 0.15) is 20.3 Å². The summed E-state index contributed by atoms with van der Waals surface area (Å²) in [6.45, 7) is 4.79. The molecule has 96 valence electrons. The van der Waals surface area contributed by atoms with Crippen LogP contribution < -0.4 is 10.6 Å². The van der Waals surface area contributed by atoms with Gasteiger partial charge in [0.25, 0.3) is 0 Å². The Morgan fingerprint density at radius 1 is 1.47 bits per heavy atom. The predicted molar refractivity (Wildman–Crippen MR) is 72.7 cm³/mol. The third-order valence-corrected chi connectivity index (χ3v) is 3.17. The lowest BCUT2D eigenvalue weighted by Crippen LogP contribution is -2.33. The van der Waals surface area contributed by atoms with Gasteiger partial charge in [-0.2, -0.15) is 0 Å². The van der Waals surface area contributed by atoms with E-state index in [2.05, 4.69) is 15.9 Å². The standard InChI is InChI=1S/C12H18BrFN2O/c1-8(2)16(4-3-5-17)12-7-10(14)9(13)6-11(12)15/h6-8,17H,3-5,15H2,1-2H3. The van der Waals surface area contributed by atoms with Crippen molar-refractivity contribution in [3.63, 3.8) is 0 Å². The van der Waals surface area contributed by atoms with E-state index in [1.54, 1.807) is 6.07 Å². The first-order valence-corrected chi connectivity index (χ1v) is 6.38. The number of nitrogens with two attached hydrogens (primary N) is 1. The lowest BCUT2D eigenvalue weighted by Gasteiger charge is -2.30. The zero-order valence-electron chi connectivity index (χ0n) is 10.1. The average molecular weight is 305 g/mol. The molecule has 0 radical (unpaired) electrons. The van der Waals surface area contributed by atoms with E-state index >= 15 is 0 Å². The molecule has 0 spiro atoms. The number of hydrogen-bond acceptors (Lipinski definition) is 3. The van der Waals surface area contributed by atoms with Gasteiger partial charge in [-0.15, -0.1) is 0 Å². The summed E-state index contributed by atoms with van der Waals surface area (Å²) in [5.74, 6) is -0.330. The third kappa shape index (κ3) is 3.57. The summed E-state index contributed by atoms with van der Waals surface area (Å²) >= 11 is 3.11. The van der Waals surface area contributed by atoms with Crippen molar-refractivity contribution in [3.05, 3.63) is 22.4 Å². The molecule has 0 saturated heterocycles. The maximum atomic E-state index is 13.5. The fraction of sp³-hybridized carbons (Fsp3) is 0.500. The average Bonchev–Trinajstić information content (AvgIpc) is 2.25. The molecule has 0 aromatic heterocycles. The van der Waals surface area contributed by atoms with Crippen molar-refractivity contribution >= 4 is 27.3 Å². The molecule has 5 heteroatoms. The maximum absolute atomic E-state index is 13.5. The van der Waals surface area contributed by atoms with Crippen LogP contribution >= 0.6 is 15.9 Å². The van der Waals surface area contributed by atoms with Crippen molar-refractivity contribution in [2.45, 2.75) is 26.3 Å². The van der Waals surface area contributed by atoms with Crippen LogP contribution in [0.25, 0.3) is 0 Å². The second-order valence-electron chi connectivity index (χ2n) is 4.19. The van der Waals surface area contributed by atoms with E-state index in [1.165, 1.54) is 6.07 Å². The molecule has 1 aromatic rings. The maximum Gasteiger partial charge on any atom is 0.139 e. The number of rotatable bonds is 5. The van der Waals surface area contributed by atoms with Crippen molar-refractivity contribution in [2.75, 3.05) is 23.8 Å². The fourth-order valence-electron chi connectivity index (χ4n) is 1.70. The highest BCUT2D eigenvalue weighted by Gasteiger charge is 2.15. The highest BCUT2D eigenvalue weighted by molar-refractivity contribution is 9.10. The van der Waals surface area contributed by atoms with E-state index in [0.717, 1.165) is 0 Å². The molecule has 1 aromatic carbocycles. The summed E-state index contributed by atoms with van der Waals surface area (Å²) in [7, 11) is 0. The van der Waals surface area contributed by atoms with Crippen LogP contribution in [0.2, 0.25) is 0 Å². The van der Waals surface area contributed by atoms with Crippen LogP contribution in [-0.2, 0) is 0 Å². The summed E-state index contributed by atoms with van der Waals surface area (Å²) in [4.78, 5) is 1.99. The van der Waals surface area contributed by atoms with E-state index in [0.29, 0.717) is 28.8 Å². The molecule has 0 fully saturated rings. The highest BCUT2D eigenvalue weighted by Crippen LogP contribution is 2.30. The first-order chi connectivity index (χ1) is 7.97. The minimum absolute atomic E-state index is 0.113. The molecule has 0 heterocycles. The second-order valence-corrected chi connectivity index (χ2v) is 5.04. The van der Waals surface area contributed by atoms with Gasteiger partial charge >= 0.3 is 0 Å². The molecule has 17 heavy (non-hydrogen) atoms. The second kappa shape index (κ2) is 6.21. The molecule has 0 aliphatic rings. The Labute approximate surface area is 110 Å². The lowest BCUT2D eigenvalue weighted by molar-refractivity contribution is 0.288. The monoisotopic (exact) mass is 304 g/mol. The molecule has 3 nitrogen and oxygen atoms in total. The van der Waals surface area contributed by atoms with Gasteiger partial charge in [0.05, 0.1) is 15.8 Å². The largest absolute Gasteiger partial charge is 0.397 e. The molecule has 0 aliphatic carbocycles. The summed E-state index contributed by atoms with van der Waals surface area (Å²) in [6.07, 6.45) is 0.634. The molecular weight excluding hydrogens is 287 g/mol. The molecule has 0 atom stereocenters. The molecule has 3 N–H and O–H groups in total. The normalized spacial score (nSPS) is 10.9. The topological polar surface area (TPSA) is 49.5 Å². The van der Waals surface area contributed by atoms with Gasteiger partial charge in [0.1, 0.15) is 5.82 Å². The number of halogens is 2. The van der Waals surface area contributed by atoms with Crippen LogP contribution in [0.5, 0.6) is 0 Å². The lowest BCUT2D eigenvalue weighted by atomic mass is 10.2. The van der Waals surface area contributed by atoms with Crippen molar-refractivity contribution in [2.24, 2.45) is 0 Å². The van der Waals surface area contributed by atoms with Crippen LogP contribution in [0, 0.1) is 5.82 Å². The molecule has 0 saturated carbocycles. The predicted octanol–water partition coefficient (Wildman–Crippen LogP) is 2.77. The number of hydrogen-bond donors (Lipinski definition) is 2. The fourth-order valence-corrected chi connectivity index (χ4v) is 2.06. The first-order valence-electron chi connectivity index (χ1n) is 5.59. The zero-order chi connectivity index (χ0) is 13.0. The number of benzene rings is 1. The van der Waals surface area contributed by atoms with Gasteiger partial charge in [0.2, 0.25) is 0 Å². The Bertz CT molecular complexity index is 385. The van der Waals surface area contributed by atoms with E-state index in [-0.39, 0.29) is 18.5 Å². The van der Waals surface area contributed by atoms with Crippen LogP contribution in [0.15, 0.2) is 16.6 Å². The summed E-state index contributed by atoms with van der Waals surface area (Å²) in [5.41, 5.74) is 7.11. The number of aliphatic hydroxyl groups is 1. The van der Waals surface area contributed by atoms with Crippen LogP contribution in [0.3, 0.4) is 0 Å². The Morgan fingerprint density at radius 3 is 2.65 bits per heavy atom. The quantitative estimate of drug-likeness (QED) is 0.822. The molecule has 0 bridgehead atoms. The number of nitrogens with zero attached hydrogens (tertiary/aromatic N) is 1. The summed E-state index contributed by atoms with van der Waals surface area (Å²) in [5, 5.41) is 8.87. The van der Waals surface area contributed by atoms with E-state index < -0.39 is 0 Å². The molecule has 0 amide bonds. The van der Waals surface area contributed by atoms with Gasteiger partial charge in [-0.25, -0.2) is 4.39 Å². The van der Waals surface area contributed by atoms with Gasteiger partial charge in [0, 0.05) is 25.3 Å². The summed E-state index contributed by atoms with van der Waals surface area (Å²) < 4.78 is 13.9. The van der Waals surface area contributed by atoms with Gasteiger partial charge in [0.15, 0.2) is 0 Å². The number of nitrogen functional groups attached to an aromatic ring is 1. The van der Waals surface area contributed by atoms with E-state index in [4.69, 9.17) is 10.8 Å². The zero-order valence-corrected chi connectivity index (χ0v) is 11.7. The molecule has 0 aliphatic heterocycles. The van der Waals surface area contributed by atoms with Crippen molar-refractivity contribution in [1.29, 1.82) is 0 Å². The Balaban J connectivity index is 3.05. The molecule has 1 rings (SSSR count). The minimum atomic E-state index is -0.330. The van der Waals surface area contributed by atoms with Crippen LogP contribution in [0.4, 0.5) is 15.8 Å². The van der Waals surface area contributed by atoms with Gasteiger partial charge in [-0.3, -0.25) is 0 Å². The van der Waals surface area contributed by atoms with Crippen molar-refractivity contribution in [1.82, 2.24) is 0 Å². The Morgan fingerprint density at radius 2 is 2.12 bits per heavy atom. The molecular formula is C12H18BrFN2O. The van der Waals surface area contributed by atoms with E-state index in [1.807, 2.05) is 18.7 Å². The first kappa shape index (κ1) is 14.3.